The number of fused-ring (bicyclic) bond motifs is 14. The zero-order chi connectivity index (χ0) is 48.7. The Morgan fingerprint density at radius 3 is 2.20 bits per heavy atom. The van der Waals surface area contributed by atoms with Crippen LogP contribution in [0, 0.1) is 35.8 Å². The molecule has 18 nitrogen and oxygen atoms in total. The number of aliphatic hydroxyl groups is 2. The van der Waals surface area contributed by atoms with Crippen LogP contribution in [-0.2, 0) is 23.8 Å². The lowest BCUT2D eigenvalue weighted by Crippen LogP contribution is -2.50. The highest BCUT2D eigenvalue weighted by Crippen LogP contribution is 2.49. The summed E-state index contributed by atoms with van der Waals surface area (Å²) < 4.78 is 23.6. The maximum absolute atomic E-state index is 15.1. The number of Topliss-reactive ketones (excluding diaryl/α,β-unsaturated/α-hetero) is 3. The van der Waals surface area contributed by atoms with Crippen molar-refractivity contribution in [3.8, 4) is 11.5 Å². The minimum atomic E-state index is -2.14. The summed E-state index contributed by atoms with van der Waals surface area (Å²) in [7, 11) is 1.41. The number of carbonyl (C=O) groups is 5. The van der Waals surface area contributed by atoms with Crippen molar-refractivity contribution < 1.29 is 63.4 Å². The van der Waals surface area contributed by atoms with E-state index >= 15 is 4.79 Å². The number of allylic oxidation sites excluding steroid dienone is 4. The fourth-order valence-corrected chi connectivity index (χ4v) is 9.31. The number of rotatable bonds is 5. The number of ketones is 3. The van der Waals surface area contributed by atoms with E-state index in [2.05, 4.69) is 5.32 Å². The Labute approximate surface area is 387 Å². The summed E-state index contributed by atoms with van der Waals surface area (Å²) in [5.74, 6) is -9.67. The maximum atomic E-state index is 15.1. The molecule has 7 rings (SSSR count). The third kappa shape index (κ3) is 9.30. The molecule has 0 spiro atoms. The van der Waals surface area contributed by atoms with Gasteiger partial charge in [0, 0.05) is 81.9 Å². The number of nitrogens with one attached hydrogen (secondary N) is 1. The van der Waals surface area contributed by atoms with Crippen molar-refractivity contribution in [3.05, 3.63) is 98.2 Å². The Hall–Kier alpha value is -5.76. The van der Waals surface area contributed by atoms with E-state index in [1.807, 2.05) is 4.90 Å². The van der Waals surface area contributed by atoms with Gasteiger partial charge >= 0.3 is 11.8 Å². The van der Waals surface area contributed by atoms with Gasteiger partial charge in [-0.2, -0.15) is 0 Å². The van der Waals surface area contributed by atoms with Crippen molar-refractivity contribution >= 4 is 52.2 Å². The Balaban J connectivity index is 1.46. The van der Waals surface area contributed by atoms with Gasteiger partial charge < -0.3 is 59.8 Å². The highest BCUT2D eigenvalue weighted by atomic mass is 35.5. The first kappa shape index (κ1) is 49.7. The van der Waals surface area contributed by atoms with Crippen LogP contribution in [0.2, 0.25) is 5.02 Å². The molecule has 19 heteroatoms. The summed E-state index contributed by atoms with van der Waals surface area (Å²) in [5.41, 5.74) is -1.45. The molecule has 0 saturated carbocycles. The summed E-state index contributed by atoms with van der Waals surface area (Å²) in [5, 5.41) is 57.9. The molecular weight excluding hydrogens is 880 g/mol. The number of aliphatic hydroxyl groups excluding tert-OH is 2. The Morgan fingerprint density at radius 1 is 0.939 bits per heavy atom. The SMILES string of the molecule is COC1C=COC2(C)Oc3c(C)c(O)c4c(c3C2=O)C(=O)C(N2CCN(c3ccc(N([O-])O)cc3Cl)CC2)=C(NC(=O)C(C)=CC=CC(C)C(O)C(C)C(O)C(C)C(OC(C)=O)C1C)C4=O. The van der Waals surface area contributed by atoms with Crippen LogP contribution >= 0.6 is 11.6 Å². The van der Waals surface area contributed by atoms with Gasteiger partial charge in [0.25, 0.3) is 11.7 Å². The number of phenols is 1. The van der Waals surface area contributed by atoms with Gasteiger partial charge in [0.2, 0.25) is 11.6 Å². The number of amides is 1. The topological polar surface area (TPSA) is 248 Å². The third-order valence-electron chi connectivity index (χ3n) is 13.0. The van der Waals surface area contributed by atoms with Crippen molar-refractivity contribution in [1.29, 1.82) is 0 Å². The number of ether oxygens (including phenoxy) is 4. The largest absolute Gasteiger partial charge is 0.733 e. The molecule has 0 aromatic heterocycles. The van der Waals surface area contributed by atoms with Crippen LogP contribution in [0.15, 0.2) is 65.7 Å². The van der Waals surface area contributed by atoms with Crippen molar-refractivity contribution in [1.82, 2.24) is 10.2 Å². The van der Waals surface area contributed by atoms with Gasteiger partial charge in [0.15, 0.2) is 0 Å². The van der Waals surface area contributed by atoms with E-state index in [9.17, 15) is 44.9 Å². The number of esters is 1. The molecular formula is C47H56ClN4O14-. The van der Waals surface area contributed by atoms with Crippen LogP contribution in [-0.4, -0.2) is 118 Å². The molecule has 2 aromatic carbocycles. The van der Waals surface area contributed by atoms with Gasteiger partial charge in [0.1, 0.15) is 29.0 Å². The Bertz CT molecular complexity index is 2420. The normalized spacial score (nSPS) is 28.8. The second-order valence-corrected chi connectivity index (χ2v) is 17.8. The average Bonchev–Trinajstić information content (AvgIpc) is 3.54. The lowest BCUT2D eigenvalue weighted by atomic mass is 9.78. The van der Waals surface area contributed by atoms with Crippen LogP contribution in [0.3, 0.4) is 0 Å². The van der Waals surface area contributed by atoms with E-state index in [4.69, 9.17) is 30.5 Å². The number of carbonyl (C=O) groups excluding carboxylic acids is 5. The van der Waals surface area contributed by atoms with Crippen molar-refractivity contribution in [2.75, 3.05) is 43.4 Å². The lowest BCUT2D eigenvalue weighted by molar-refractivity contribution is -0.160. The second kappa shape index (κ2) is 19.6. The van der Waals surface area contributed by atoms with Gasteiger partial charge in [-0.3, -0.25) is 29.2 Å². The number of nitrogens with zero attached hydrogens (tertiary/aromatic N) is 3. The van der Waals surface area contributed by atoms with Gasteiger partial charge in [-0.15, -0.1) is 0 Å². The summed E-state index contributed by atoms with van der Waals surface area (Å²) in [6.07, 6.45) is 3.18. The lowest BCUT2D eigenvalue weighted by Gasteiger charge is -2.40. The molecule has 5 aliphatic rings. The van der Waals surface area contributed by atoms with Crippen molar-refractivity contribution in [2.45, 2.75) is 85.6 Å². The van der Waals surface area contributed by atoms with E-state index in [0.29, 0.717) is 5.69 Å². The molecule has 5 N–H and O–H groups in total. The van der Waals surface area contributed by atoms with Gasteiger partial charge in [-0.25, -0.2) is 0 Å². The van der Waals surface area contributed by atoms with E-state index in [1.165, 1.54) is 65.2 Å². The molecule has 0 radical (unpaired) electrons. The van der Waals surface area contributed by atoms with Crippen molar-refractivity contribution in [3.63, 3.8) is 0 Å². The molecule has 5 bridgehead atoms. The first-order valence-electron chi connectivity index (χ1n) is 21.5. The number of halogens is 1. The van der Waals surface area contributed by atoms with E-state index < -0.39 is 106 Å². The molecule has 66 heavy (non-hydrogen) atoms. The van der Waals surface area contributed by atoms with Gasteiger partial charge in [0.05, 0.1) is 57.7 Å². The minimum Gasteiger partial charge on any atom is -0.733 e. The smallest absolute Gasteiger partial charge is 0.312 e. The molecule has 9 atom stereocenters. The quantitative estimate of drug-likeness (QED) is 0.193. The minimum absolute atomic E-state index is 0.0427. The molecule has 1 aliphatic carbocycles. The summed E-state index contributed by atoms with van der Waals surface area (Å²) in [6, 6.07) is 4.23. The zero-order valence-electron chi connectivity index (χ0n) is 38.2. The molecule has 356 valence electrons. The molecule has 4 heterocycles. The number of hydrogen-bond donors (Lipinski definition) is 5. The monoisotopic (exact) mass is 935 g/mol. The predicted octanol–water partition coefficient (Wildman–Crippen LogP) is 5.13. The molecule has 1 fully saturated rings. The van der Waals surface area contributed by atoms with Crippen LogP contribution in [0.4, 0.5) is 11.4 Å². The molecule has 4 aliphatic heterocycles. The van der Waals surface area contributed by atoms with E-state index in [1.54, 1.807) is 44.7 Å². The zero-order valence-corrected chi connectivity index (χ0v) is 38.9. The summed E-state index contributed by atoms with van der Waals surface area (Å²) >= 11 is 6.49. The highest BCUT2D eigenvalue weighted by molar-refractivity contribution is 6.34. The van der Waals surface area contributed by atoms with Crippen LogP contribution in [0.1, 0.15) is 85.1 Å². The highest BCUT2D eigenvalue weighted by Gasteiger charge is 2.53. The molecule has 2 aromatic rings. The van der Waals surface area contributed by atoms with E-state index in [0.717, 1.165) is 6.26 Å². The first-order chi connectivity index (χ1) is 31.0. The number of phenolic OH excluding ortho intramolecular Hbond substituents is 1. The van der Waals surface area contributed by atoms with E-state index in [-0.39, 0.29) is 70.3 Å². The molecule has 1 amide bonds. The van der Waals surface area contributed by atoms with Crippen LogP contribution in [0.5, 0.6) is 11.5 Å². The number of aromatic hydroxyl groups is 1. The Kier molecular flexibility index (Phi) is 14.8. The number of methoxy groups -OCH3 is 1. The maximum Gasteiger partial charge on any atom is 0.312 e. The van der Waals surface area contributed by atoms with Gasteiger partial charge in [-0.05, 0) is 38.1 Å². The molecule has 9 unspecified atom stereocenters. The van der Waals surface area contributed by atoms with Crippen LogP contribution < -0.4 is 20.2 Å². The number of anilines is 2. The standard InChI is InChI=1S/C47H56ClN4O14/c1-22-11-10-12-23(2)46(60)49-36-37(51-18-16-50(17-19-51)31-14-13-29(52(61)62)21-30(31)48)42(58)33-34(41(36)57)40(56)27(6)44-35(33)45(59)47(8,66-44)64-20-15-32(63-9)24(3)43(65-28(7)53)26(5)39(55)25(4)38(22)54/h10-15,20-22,24-26,32,38-39,43,54-56,61H,16-19H2,1-9H3,(H,49,60)/q-1. The number of hydrogen-bond acceptors (Lipinski definition) is 17. The second-order valence-electron chi connectivity index (χ2n) is 17.4. The summed E-state index contributed by atoms with van der Waals surface area (Å²) in [4.78, 5) is 74.3. The fraction of sp³-hybridized carbons (Fsp3) is 0.468. The average molecular weight is 936 g/mol. The predicted molar refractivity (Wildman–Crippen MR) is 241 cm³/mol. The number of piperazine rings is 1. The van der Waals surface area contributed by atoms with Crippen molar-refractivity contribution in [2.24, 2.45) is 23.7 Å². The Morgan fingerprint density at radius 2 is 1.59 bits per heavy atom. The number of benzene rings is 2. The molecule has 1 saturated heterocycles. The van der Waals surface area contributed by atoms with Crippen LogP contribution in [0.25, 0.3) is 0 Å². The van der Waals surface area contributed by atoms with Gasteiger partial charge in [-0.1, -0.05) is 57.5 Å². The first-order valence-corrected chi connectivity index (χ1v) is 21.9. The summed E-state index contributed by atoms with van der Waals surface area (Å²) in [6.45, 7) is 12.9. The fourth-order valence-electron chi connectivity index (χ4n) is 9.02. The third-order valence-corrected chi connectivity index (χ3v) is 13.3.